The summed E-state index contributed by atoms with van der Waals surface area (Å²) in [6.07, 6.45) is 6.56. The van der Waals surface area contributed by atoms with Crippen LogP contribution in [-0.4, -0.2) is 5.91 Å². The van der Waals surface area contributed by atoms with Gasteiger partial charge in [0.25, 0.3) is 0 Å². The Labute approximate surface area is 180 Å². The molecule has 1 aromatic heterocycles. The Bertz CT molecular complexity index is 983. The minimum absolute atomic E-state index is 0.167. The number of hydrogen-bond donors (Lipinski definition) is 1. The van der Waals surface area contributed by atoms with Crippen molar-refractivity contribution in [2.75, 3.05) is 5.32 Å². The maximum absolute atomic E-state index is 13.9. The Balaban J connectivity index is 1.80. The average Bonchev–Trinajstić information content (AvgIpc) is 3.03. The van der Waals surface area contributed by atoms with E-state index in [0.29, 0.717) is 16.5 Å². The summed E-state index contributed by atoms with van der Waals surface area (Å²) >= 11 is 7.47. The topological polar surface area (TPSA) is 52.9 Å². The predicted molar refractivity (Wildman–Crippen MR) is 118 cm³/mol. The van der Waals surface area contributed by atoms with Crippen molar-refractivity contribution in [3.8, 4) is 6.07 Å². The molecule has 1 aliphatic rings. The molecular formula is C23H24ClFN2OS. The van der Waals surface area contributed by atoms with E-state index >= 15 is 0 Å². The van der Waals surface area contributed by atoms with Crippen molar-refractivity contribution in [2.24, 2.45) is 11.3 Å². The van der Waals surface area contributed by atoms with Crippen LogP contribution in [-0.2, 0) is 17.6 Å². The minimum atomic E-state index is -0.490. The standard InChI is InChI=1S/C23H24ClFN2OS/c1-4-23(2,3)14-8-9-15-17(13-26)22(29-20(15)12-14)27-21(28)11-10-16-18(24)6-5-7-19(16)25/h5-7,10-11,14H,4,8-9,12H2,1-3H3,(H,27,28)/b11-10+. The first kappa shape index (κ1) is 21.5. The quantitative estimate of drug-likeness (QED) is 0.543. The molecule has 29 heavy (non-hydrogen) atoms. The Morgan fingerprint density at radius 3 is 2.90 bits per heavy atom. The lowest BCUT2D eigenvalue weighted by atomic mass is 9.69. The number of nitrogens with one attached hydrogen (secondary N) is 1. The fourth-order valence-electron chi connectivity index (χ4n) is 3.73. The van der Waals surface area contributed by atoms with E-state index in [9.17, 15) is 14.4 Å². The zero-order valence-electron chi connectivity index (χ0n) is 16.8. The summed E-state index contributed by atoms with van der Waals surface area (Å²) in [6, 6.07) is 6.63. The number of thiophene rings is 1. The Morgan fingerprint density at radius 1 is 1.48 bits per heavy atom. The number of hydrogen-bond acceptors (Lipinski definition) is 3. The zero-order chi connectivity index (χ0) is 21.2. The van der Waals surface area contributed by atoms with E-state index in [4.69, 9.17) is 11.6 Å². The van der Waals surface area contributed by atoms with Crippen molar-refractivity contribution < 1.29 is 9.18 Å². The van der Waals surface area contributed by atoms with Crippen molar-refractivity contribution >= 4 is 39.9 Å². The van der Waals surface area contributed by atoms with Gasteiger partial charge in [0.15, 0.2) is 0 Å². The molecule has 3 nitrogen and oxygen atoms in total. The van der Waals surface area contributed by atoms with Crippen LogP contribution in [0.3, 0.4) is 0 Å². The van der Waals surface area contributed by atoms with Crippen LogP contribution in [0.15, 0.2) is 24.3 Å². The summed E-state index contributed by atoms with van der Waals surface area (Å²) in [6.45, 7) is 6.80. The summed E-state index contributed by atoms with van der Waals surface area (Å²) in [7, 11) is 0. The third-order valence-electron chi connectivity index (χ3n) is 6.03. The molecule has 2 aromatic rings. The van der Waals surface area contributed by atoms with Crippen LogP contribution in [0.2, 0.25) is 5.02 Å². The molecule has 0 saturated heterocycles. The van der Waals surface area contributed by atoms with Crippen molar-refractivity contribution in [1.82, 2.24) is 0 Å². The molecule has 0 fully saturated rings. The molecule has 152 valence electrons. The van der Waals surface area contributed by atoms with Crippen LogP contribution in [0, 0.1) is 28.5 Å². The molecule has 0 radical (unpaired) electrons. The number of rotatable bonds is 5. The average molecular weight is 431 g/mol. The molecule has 1 unspecified atom stereocenters. The minimum Gasteiger partial charge on any atom is -0.313 e. The summed E-state index contributed by atoms with van der Waals surface area (Å²) in [5.41, 5.74) is 2.04. The van der Waals surface area contributed by atoms with Gasteiger partial charge in [0.05, 0.1) is 10.6 Å². The number of anilines is 1. The molecule has 1 heterocycles. The van der Waals surface area contributed by atoms with Crippen LogP contribution >= 0.6 is 22.9 Å². The van der Waals surface area contributed by atoms with Crippen LogP contribution < -0.4 is 5.32 Å². The number of nitriles is 1. The Hall–Kier alpha value is -2.16. The highest BCUT2D eigenvalue weighted by Crippen LogP contribution is 2.45. The number of fused-ring (bicyclic) bond motifs is 1. The van der Waals surface area contributed by atoms with E-state index in [0.717, 1.165) is 31.2 Å². The van der Waals surface area contributed by atoms with E-state index in [1.54, 1.807) is 6.07 Å². The molecule has 0 bridgehead atoms. The first-order valence-corrected chi connectivity index (χ1v) is 10.9. The second-order valence-electron chi connectivity index (χ2n) is 8.06. The Morgan fingerprint density at radius 2 is 2.24 bits per heavy atom. The van der Waals surface area contributed by atoms with E-state index in [-0.39, 0.29) is 16.0 Å². The molecule has 0 saturated carbocycles. The third kappa shape index (κ3) is 4.55. The first-order chi connectivity index (χ1) is 13.8. The lowest BCUT2D eigenvalue weighted by Gasteiger charge is -2.36. The highest BCUT2D eigenvalue weighted by atomic mass is 35.5. The predicted octanol–water partition coefficient (Wildman–Crippen LogP) is 6.61. The summed E-state index contributed by atoms with van der Waals surface area (Å²) in [5, 5.41) is 13.3. The molecule has 0 spiro atoms. The summed E-state index contributed by atoms with van der Waals surface area (Å²) < 4.78 is 13.9. The second kappa shape index (κ2) is 8.69. The number of nitrogens with zero attached hydrogens (tertiary/aromatic N) is 1. The van der Waals surface area contributed by atoms with Crippen molar-refractivity contribution in [3.05, 3.63) is 56.7 Å². The van der Waals surface area contributed by atoms with Gasteiger partial charge in [-0.1, -0.05) is 44.9 Å². The van der Waals surface area contributed by atoms with Crippen molar-refractivity contribution in [1.29, 1.82) is 5.26 Å². The van der Waals surface area contributed by atoms with Crippen LogP contribution in [0.25, 0.3) is 6.08 Å². The number of benzene rings is 1. The van der Waals surface area contributed by atoms with Gasteiger partial charge in [0.2, 0.25) is 5.91 Å². The van der Waals surface area contributed by atoms with Gasteiger partial charge in [-0.15, -0.1) is 11.3 Å². The summed E-state index contributed by atoms with van der Waals surface area (Å²) in [5.74, 6) is -0.336. The van der Waals surface area contributed by atoms with E-state index in [1.165, 1.54) is 40.5 Å². The molecule has 1 aromatic carbocycles. The lowest BCUT2D eigenvalue weighted by Crippen LogP contribution is -2.28. The van der Waals surface area contributed by atoms with Crippen LogP contribution in [0.5, 0.6) is 0 Å². The maximum Gasteiger partial charge on any atom is 0.249 e. The van der Waals surface area contributed by atoms with Gasteiger partial charge in [-0.2, -0.15) is 5.26 Å². The van der Waals surface area contributed by atoms with Gasteiger partial charge in [-0.05, 0) is 54.4 Å². The number of halogens is 2. The van der Waals surface area contributed by atoms with Gasteiger partial charge in [0.1, 0.15) is 16.9 Å². The normalized spacial score (nSPS) is 16.5. The molecule has 0 aliphatic heterocycles. The molecule has 1 N–H and O–H groups in total. The summed E-state index contributed by atoms with van der Waals surface area (Å²) in [4.78, 5) is 13.6. The highest BCUT2D eigenvalue weighted by molar-refractivity contribution is 7.16. The highest BCUT2D eigenvalue weighted by Gasteiger charge is 2.34. The maximum atomic E-state index is 13.9. The van der Waals surface area contributed by atoms with E-state index < -0.39 is 11.7 Å². The van der Waals surface area contributed by atoms with Gasteiger partial charge >= 0.3 is 0 Å². The monoisotopic (exact) mass is 430 g/mol. The zero-order valence-corrected chi connectivity index (χ0v) is 18.4. The number of amides is 1. The fraction of sp³-hybridized carbons (Fsp3) is 0.391. The third-order valence-corrected chi connectivity index (χ3v) is 7.53. The lowest BCUT2D eigenvalue weighted by molar-refractivity contribution is -0.111. The smallest absolute Gasteiger partial charge is 0.249 e. The van der Waals surface area contributed by atoms with Crippen LogP contribution in [0.1, 0.15) is 55.2 Å². The molecular weight excluding hydrogens is 407 g/mol. The molecule has 6 heteroatoms. The van der Waals surface area contributed by atoms with Crippen LogP contribution in [0.4, 0.5) is 9.39 Å². The van der Waals surface area contributed by atoms with Gasteiger partial charge in [-0.3, -0.25) is 4.79 Å². The van der Waals surface area contributed by atoms with E-state index in [1.807, 2.05) is 0 Å². The van der Waals surface area contributed by atoms with Gasteiger partial charge < -0.3 is 5.32 Å². The molecule has 1 amide bonds. The van der Waals surface area contributed by atoms with Gasteiger partial charge in [-0.25, -0.2) is 4.39 Å². The van der Waals surface area contributed by atoms with Gasteiger partial charge in [0, 0.05) is 16.5 Å². The van der Waals surface area contributed by atoms with Crippen molar-refractivity contribution in [3.63, 3.8) is 0 Å². The first-order valence-electron chi connectivity index (χ1n) is 9.74. The number of carbonyl (C=O) groups is 1. The van der Waals surface area contributed by atoms with Crippen molar-refractivity contribution in [2.45, 2.75) is 46.5 Å². The number of carbonyl (C=O) groups excluding carboxylic acids is 1. The Kier molecular flexibility index (Phi) is 6.45. The SMILES string of the molecule is CCC(C)(C)C1CCc2c(sc(NC(=O)/C=C/c3c(F)cccc3Cl)c2C#N)C1. The second-order valence-corrected chi connectivity index (χ2v) is 9.57. The molecule has 1 aliphatic carbocycles. The fourth-order valence-corrected chi connectivity index (χ4v) is 5.24. The molecule has 1 atom stereocenters. The largest absolute Gasteiger partial charge is 0.313 e. The molecule has 3 rings (SSSR count). The van der Waals surface area contributed by atoms with E-state index in [2.05, 4.69) is 32.2 Å².